The lowest BCUT2D eigenvalue weighted by Crippen LogP contribution is -2.32. The first-order valence-corrected chi connectivity index (χ1v) is 6.61. The third-order valence-corrected chi connectivity index (χ3v) is 3.38. The molecule has 2 unspecified atom stereocenters. The topological polar surface area (TPSA) is 21.3 Å². The van der Waals surface area contributed by atoms with Crippen molar-refractivity contribution in [2.24, 2.45) is 0 Å². The van der Waals surface area contributed by atoms with E-state index in [0.717, 1.165) is 13.0 Å². The normalized spacial score (nSPS) is 14.6. The van der Waals surface area contributed by atoms with Gasteiger partial charge in [0.05, 0.1) is 16.6 Å². The fourth-order valence-corrected chi connectivity index (χ4v) is 2.11. The van der Waals surface area contributed by atoms with Gasteiger partial charge in [0.1, 0.15) is 5.82 Å². The molecular formula is C13H19BrFNO. The molecular weight excluding hydrogens is 285 g/mol. The first-order chi connectivity index (χ1) is 8.11. The Kier molecular flexibility index (Phi) is 6.09. The van der Waals surface area contributed by atoms with E-state index in [9.17, 15) is 4.39 Å². The lowest BCUT2D eigenvalue weighted by Gasteiger charge is -2.25. The molecule has 1 N–H and O–H groups in total. The van der Waals surface area contributed by atoms with Gasteiger partial charge in [-0.3, -0.25) is 0 Å². The molecule has 0 spiro atoms. The second-order valence-electron chi connectivity index (χ2n) is 4.02. The Balaban J connectivity index is 2.99. The third kappa shape index (κ3) is 3.76. The Bertz CT molecular complexity index is 359. The van der Waals surface area contributed by atoms with Crippen LogP contribution >= 0.6 is 15.9 Å². The molecule has 1 aromatic rings. The van der Waals surface area contributed by atoms with E-state index in [2.05, 4.69) is 28.2 Å². The predicted octanol–water partition coefficient (Wildman–Crippen LogP) is 3.66. The molecule has 0 amide bonds. The molecule has 0 radical (unpaired) electrons. The summed E-state index contributed by atoms with van der Waals surface area (Å²) < 4.78 is 19.8. The van der Waals surface area contributed by atoms with Gasteiger partial charge < -0.3 is 10.1 Å². The van der Waals surface area contributed by atoms with Gasteiger partial charge in [0, 0.05) is 12.7 Å². The van der Waals surface area contributed by atoms with Crippen molar-refractivity contribution in [3.8, 4) is 0 Å². The zero-order chi connectivity index (χ0) is 12.8. The minimum absolute atomic E-state index is 0.0784. The monoisotopic (exact) mass is 303 g/mol. The SMILES string of the molecule is CCCNC(c1cccc(Br)c1F)C(C)OC. The Labute approximate surface area is 111 Å². The number of nitrogens with one attached hydrogen (secondary N) is 1. The van der Waals surface area contributed by atoms with Gasteiger partial charge in [-0.25, -0.2) is 4.39 Å². The summed E-state index contributed by atoms with van der Waals surface area (Å²) in [4.78, 5) is 0. The van der Waals surface area contributed by atoms with Crippen LogP contribution in [0.5, 0.6) is 0 Å². The maximum atomic E-state index is 14.0. The van der Waals surface area contributed by atoms with Crippen LogP contribution in [0.15, 0.2) is 22.7 Å². The van der Waals surface area contributed by atoms with E-state index in [1.807, 2.05) is 13.0 Å². The second kappa shape index (κ2) is 7.09. The van der Waals surface area contributed by atoms with Crippen LogP contribution in [-0.2, 0) is 4.74 Å². The predicted molar refractivity (Wildman–Crippen MR) is 71.6 cm³/mol. The highest BCUT2D eigenvalue weighted by atomic mass is 79.9. The fourth-order valence-electron chi connectivity index (χ4n) is 1.73. The van der Waals surface area contributed by atoms with E-state index >= 15 is 0 Å². The molecule has 0 saturated carbocycles. The highest BCUT2D eigenvalue weighted by Crippen LogP contribution is 2.26. The zero-order valence-electron chi connectivity index (χ0n) is 10.5. The van der Waals surface area contributed by atoms with Crippen LogP contribution in [0.3, 0.4) is 0 Å². The molecule has 0 heterocycles. The maximum Gasteiger partial charge on any atom is 0.142 e. The molecule has 4 heteroatoms. The molecule has 0 aliphatic rings. The molecule has 1 aromatic carbocycles. The van der Waals surface area contributed by atoms with Crippen LogP contribution in [0.1, 0.15) is 31.9 Å². The van der Waals surface area contributed by atoms with Crippen molar-refractivity contribution in [2.45, 2.75) is 32.4 Å². The van der Waals surface area contributed by atoms with Crippen molar-refractivity contribution in [3.63, 3.8) is 0 Å². The smallest absolute Gasteiger partial charge is 0.142 e. The van der Waals surface area contributed by atoms with E-state index in [-0.39, 0.29) is 18.0 Å². The van der Waals surface area contributed by atoms with E-state index < -0.39 is 0 Å². The number of benzene rings is 1. The van der Waals surface area contributed by atoms with Gasteiger partial charge in [-0.2, -0.15) is 0 Å². The van der Waals surface area contributed by atoms with Gasteiger partial charge in [-0.1, -0.05) is 19.1 Å². The summed E-state index contributed by atoms with van der Waals surface area (Å²) in [6.45, 7) is 4.86. The highest BCUT2D eigenvalue weighted by molar-refractivity contribution is 9.10. The summed E-state index contributed by atoms with van der Waals surface area (Å²) in [7, 11) is 1.64. The number of halogens is 2. The average Bonchev–Trinajstić information content (AvgIpc) is 2.34. The van der Waals surface area contributed by atoms with Crippen LogP contribution < -0.4 is 5.32 Å². The summed E-state index contributed by atoms with van der Waals surface area (Å²) in [6, 6.07) is 5.21. The van der Waals surface area contributed by atoms with E-state index in [0.29, 0.717) is 10.0 Å². The van der Waals surface area contributed by atoms with Crippen molar-refractivity contribution < 1.29 is 9.13 Å². The molecule has 0 aliphatic heterocycles. The first-order valence-electron chi connectivity index (χ1n) is 5.81. The average molecular weight is 304 g/mol. The quantitative estimate of drug-likeness (QED) is 0.866. The molecule has 0 aromatic heterocycles. The largest absolute Gasteiger partial charge is 0.380 e. The number of rotatable bonds is 6. The highest BCUT2D eigenvalue weighted by Gasteiger charge is 2.22. The standard InChI is InChI=1S/C13H19BrFNO/c1-4-8-16-13(9(2)17-3)10-6-5-7-11(14)12(10)15/h5-7,9,13,16H,4,8H2,1-3H3. The van der Waals surface area contributed by atoms with Crippen molar-refractivity contribution >= 4 is 15.9 Å². The lowest BCUT2D eigenvalue weighted by atomic mass is 10.0. The number of hydrogen-bond donors (Lipinski definition) is 1. The molecule has 17 heavy (non-hydrogen) atoms. The van der Waals surface area contributed by atoms with Crippen LogP contribution in [0.4, 0.5) is 4.39 Å². The lowest BCUT2D eigenvalue weighted by molar-refractivity contribution is 0.0817. The van der Waals surface area contributed by atoms with Crippen LogP contribution in [-0.4, -0.2) is 19.8 Å². The molecule has 2 nitrogen and oxygen atoms in total. The fraction of sp³-hybridized carbons (Fsp3) is 0.538. The van der Waals surface area contributed by atoms with Gasteiger partial charge in [0.15, 0.2) is 0 Å². The molecule has 0 aliphatic carbocycles. The van der Waals surface area contributed by atoms with Gasteiger partial charge in [-0.15, -0.1) is 0 Å². The summed E-state index contributed by atoms with van der Waals surface area (Å²) in [5.74, 6) is -0.218. The van der Waals surface area contributed by atoms with Gasteiger partial charge in [0.25, 0.3) is 0 Å². The van der Waals surface area contributed by atoms with Gasteiger partial charge in [-0.05, 0) is 41.9 Å². The van der Waals surface area contributed by atoms with Crippen LogP contribution in [0.25, 0.3) is 0 Å². The molecule has 0 bridgehead atoms. The van der Waals surface area contributed by atoms with Crippen LogP contribution in [0, 0.1) is 5.82 Å². The van der Waals surface area contributed by atoms with Crippen molar-refractivity contribution in [1.29, 1.82) is 0 Å². The molecule has 0 fully saturated rings. The molecule has 2 atom stereocenters. The maximum absolute atomic E-state index is 14.0. The Morgan fingerprint density at radius 2 is 2.18 bits per heavy atom. The number of ether oxygens (including phenoxy) is 1. The van der Waals surface area contributed by atoms with Crippen molar-refractivity contribution in [1.82, 2.24) is 5.32 Å². The Morgan fingerprint density at radius 3 is 2.76 bits per heavy atom. The summed E-state index contributed by atoms with van der Waals surface area (Å²) in [5, 5.41) is 3.32. The third-order valence-electron chi connectivity index (χ3n) is 2.77. The first kappa shape index (κ1) is 14.6. The minimum Gasteiger partial charge on any atom is -0.380 e. The molecule has 96 valence electrons. The van der Waals surface area contributed by atoms with Crippen LogP contribution in [0.2, 0.25) is 0 Å². The summed E-state index contributed by atoms with van der Waals surface area (Å²) in [5.41, 5.74) is 0.641. The second-order valence-corrected chi connectivity index (χ2v) is 4.87. The van der Waals surface area contributed by atoms with E-state index in [1.54, 1.807) is 19.2 Å². The minimum atomic E-state index is -0.218. The Morgan fingerprint density at radius 1 is 1.47 bits per heavy atom. The van der Waals surface area contributed by atoms with Gasteiger partial charge in [0.2, 0.25) is 0 Å². The van der Waals surface area contributed by atoms with E-state index in [1.165, 1.54) is 0 Å². The number of methoxy groups -OCH3 is 1. The zero-order valence-corrected chi connectivity index (χ0v) is 12.1. The summed E-state index contributed by atoms with van der Waals surface area (Å²) >= 11 is 3.21. The van der Waals surface area contributed by atoms with Crippen molar-refractivity contribution in [3.05, 3.63) is 34.1 Å². The number of hydrogen-bond acceptors (Lipinski definition) is 2. The molecule has 1 rings (SSSR count). The van der Waals surface area contributed by atoms with Crippen molar-refractivity contribution in [2.75, 3.05) is 13.7 Å². The summed E-state index contributed by atoms with van der Waals surface area (Å²) in [6.07, 6.45) is 0.924. The Hall–Kier alpha value is -0.450. The van der Waals surface area contributed by atoms with Gasteiger partial charge >= 0.3 is 0 Å². The molecule has 0 saturated heterocycles. The van der Waals surface area contributed by atoms with E-state index in [4.69, 9.17) is 4.74 Å².